The van der Waals surface area contributed by atoms with Gasteiger partial charge in [-0.2, -0.15) is 0 Å². The number of benzene rings is 1. The molecule has 0 heterocycles. The van der Waals surface area contributed by atoms with E-state index < -0.39 is 0 Å². The summed E-state index contributed by atoms with van der Waals surface area (Å²) in [5, 5.41) is 0.710. The fourth-order valence-electron chi connectivity index (χ4n) is 2.49. The molecule has 18 heavy (non-hydrogen) atoms. The van der Waals surface area contributed by atoms with Crippen molar-refractivity contribution in [1.82, 2.24) is 0 Å². The lowest BCUT2D eigenvalue weighted by Gasteiger charge is -2.11. The highest BCUT2D eigenvalue weighted by atomic mass is 35.5. The number of carbonyl (C=O) groups is 1. The number of hydrogen-bond acceptors (Lipinski definition) is 2. The van der Waals surface area contributed by atoms with Gasteiger partial charge in [0.1, 0.15) is 11.5 Å². The topological polar surface area (TPSA) is 26.3 Å². The van der Waals surface area contributed by atoms with E-state index in [0.29, 0.717) is 29.8 Å². The number of halogens is 1. The molecule has 0 amide bonds. The maximum Gasteiger partial charge on any atom is 0.139 e. The van der Waals surface area contributed by atoms with Crippen LogP contribution in [0.25, 0.3) is 0 Å². The predicted molar refractivity (Wildman–Crippen MR) is 73.3 cm³/mol. The Morgan fingerprint density at radius 1 is 1.39 bits per heavy atom. The Morgan fingerprint density at radius 3 is 2.78 bits per heavy atom. The van der Waals surface area contributed by atoms with Gasteiger partial charge in [-0.3, -0.25) is 4.79 Å². The Kier molecular flexibility index (Phi) is 4.65. The number of hydrogen-bond donors (Lipinski definition) is 0. The molecule has 0 unspecified atom stereocenters. The number of ether oxygens (including phenoxy) is 1. The molecule has 0 radical (unpaired) electrons. The summed E-state index contributed by atoms with van der Waals surface area (Å²) in [6.07, 6.45) is 5.06. The zero-order valence-corrected chi connectivity index (χ0v) is 11.5. The minimum atomic E-state index is 0.292. The molecule has 0 aliphatic heterocycles. The average molecular weight is 267 g/mol. The van der Waals surface area contributed by atoms with Crippen molar-refractivity contribution in [2.75, 3.05) is 6.61 Å². The Morgan fingerprint density at radius 2 is 2.11 bits per heavy atom. The van der Waals surface area contributed by atoms with Gasteiger partial charge in [0.2, 0.25) is 0 Å². The molecular formula is C15H19ClO2. The molecule has 0 aromatic heterocycles. The molecule has 0 atom stereocenters. The number of Topliss-reactive ketones (excluding diaryl/α,β-unsaturated/α-hetero) is 1. The van der Waals surface area contributed by atoms with Gasteiger partial charge in [-0.1, -0.05) is 24.4 Å². The van der Waals surface area contributed by atoms with Crippen LogP contribution in [0.5, 0.6) is 5.75 Å². The lowest BCUT2D eigenvalue weighted by molar-refractivity contribution is -0.123. The normalized spacial score (nSPS) is 15.9. The van der Waals surface area contributed by atoms with Crippen molar-refractivity contribution in [3.05, 3.63) is 28.8 Å². The summed E-state index contributed by atoms with van der Waals surface area (Å²) < 4.78 is 5.64. The summed E-state index contributed by atoms with van der Waals surface area (Å²) >= 11 is 5.88. The van der Waals surface area contributed by atoms with Gasteiger partial charge in [0, 0.05) is 17.4 Å². The fourth-order valence-corrected chi connectivity index (χ4v) is 2.71. The zero-order valence-electron chi connectivity index (χ0n) is 10.7. The second-order valence-electron chi connectivity index (χ2n) is 4.96. The Bertz CT molecular complexity index is 423. The van der Waals surface area contributed by atoms with Crippen LogP contribution in [0.3, 0.4) is 0 Å². The molecule has 1 aliphatic carbocycles. The van der Waals surface area contributed by atoms with Crippen LogP contribution in [0.1, 0.15) is 37.7 Å². The fraction of sp³-hybridized carbons (Fsp3) is 0.533. The Labute approximate surface area is 113 Å². The zero-order chi connectivity index (χ0) is 13.0. The van der Waals surface area contributed by atoms with E-state index in [1.807, 2.05) is 25.1 Å². The molecular weight excluding hydrogens is 248 g/mol. The molecule has 3 heteroatoms. The third-order valence-electron chi connectivity index (χ3n) is 3.55. The van der Waals surface area contributed by atoms with Gasteiger partial charge in [-0.15, -0.1) is 0 Å². The van der Waals surface area contributed by atoms with Crippen molar-refractivity contribution in [2.45, 2.75) is 39.0 Å². The van der Waals surface area contributed by atoms with Gasteiger partial charge in [0.05, 0.1) is 6.61 Å². The van der Waals surface area contributed by atoms with Gasteiger partial charge < -0.3 is 4.74 Å². The van der Waals surface area contributed by atoms with Gasteiger partial charge in [-0.05, 0) is 43.5 Å². The highest BCUT2D eigenvalue weighted by molar-refractivity contribution is 6.30. The van der Waals surface area contributed by atoms with Crippen molar-refractivity contribution < 1.29 is 9.53 Å². The molecule has 2 rings (SSSR count). The number of aryl methyl sites for hydroxylation is 1. The lowest BCUT2D eigenvalue weighted by atomic mass is 10.0. The quantitative estimate of drug-likeness (QED) is 0.799. The van der Waals surface area contributed by atoms with Crippen LogP contribution in [-0.4, -0.2) is 12.4 Å². The first-order valence-electron chi connectivity index (χ1n) is 6.58. The highest BCUT2D eigenvalue weighted by Gasteiger charge is 2.22. The summed E-state index contributed by atoms with van der Waals surface area (Å²) in [5.74, 6) is 1.47. The smallest absolute Gasteiger partial charge is 0.139 e. The maximum absolute atomic E-state index is 11.9. The van der Waals surface area contributed by atoms with Crippen LogP contribution in [-0.2, 0) is 4.79 Å². The summed E-state index contributed by atoms with van der Waals surface area (Å²) in [5.41, 5.74) is 1.01. The summed E-state index contributed by atoms with van der Waals surface area (Å²) in [6, 6.07) is 5.54. The van der Waals surface area contributed by atoms with Crippen molar-refractivity contribution in [1.29, 1.82) is 0 Å². The summed E-state index contributed by atoms with van der Waals surface area (Å²) in [7, 11) is 0. The van der Waals surface area contributed by atoms with Crippen LogP contribution >= 0.6 is 11.6 Å². The predicted octanol–water partition coefficient (Wildman–Crippen LogP) is 4.18. The van der Waals surface area contributed by atoms with Crippen LogP contribution in [0.4, 0.5) is 0 Å². The van der Waals surface area contributed by atoms with Crippen molar-refractivity contribution in [3.8, 4) is 5.75 Å². The third kappa shape index (κ3) is 3.49. The summed E-state index contributed by atoms with van der Waals surface area (Å²) in [6.45, 7) is 2.43. The lowest BCUT2D eigenvalue weighted by Crippen LogP contribution is -2.14. The monoisotopic (exact) mass is 266 g/mol. The Hall–Kier alpha value is -1.02. The molecule has 0 N–H and O–H groups in total. The highest BCUT2D eigenvalue weighted by Crippen LogP contribution is 2.27. The molecule has 98 valence electrons. The molecule has 1 saturated carbocycles. The van der Waals surface area contributed by atoms with Crippen LogP contribution in [0, 0.1) is 12.8 Å². The molecule has 0 saturated heterocycles. The van der Waals surface area contributed by atoms with E-state index in [0.717, 1.165) is 24.2 Å². The largest absolute Gasteiger partial charge is 0.493 e. The van der Waals surface area contributed by atoms with Gasteiger partial charge in [-0.25, -0.2) is 0 Å². The standard InChI is InChI=1S/C15H19ClO2/c1-11-10-13(16)6-7-15(11)18-9-8-14(17)12-4-2-3-5-12/h6-7,10,12H,2-5,8-9H2,1H3. The maximum atomic E-state index is 11.9. The van der Waals surface area contributed by atoms with E-state index >= 15 is 0 Å². The minimum Gasteiger partial charge on any atom is -0.493 e. The number of rotatable bonds is 5. The van der Waals surface area contributed by atoms with Crippen LogP contribution < -0.4 is 4.74 Å². The Balaban J connectivity index is 1.79. The van der Waals surface area contributed by atoms with Crippen LogP contribution in [0.15, 0.2) is 18.2 Å². The van der Waals surface area contributed by atoms with Crippen molar-refractivity contribution in [2.24, 2.45) is 5.92 Å². The molecule has 1 fully saturated rings. The van der Waals surface area contributed by atoms with E-state index in [4.69, 9.17) is 16.3 Å². The molecule has 1 aliphatic rings. The molecule has 0 bridgehead atoms. The molecule has 2 nitrogen and oxygen atoms in total. The molecule has 1 aromatic rings. The second kappa shape index (κ2) is 6.24. The summed E-state index contributed by atoms with van der Waals surface area (Å²) in [4.78, 5) is 11.9. The number of carbonyl (C=O) groups excluding carboxylic acids is 1. The van der Waals surface area contributed by atoms with E-state index in [1.54, 1.807) is 0 Å². The molecule has 1 aromatic carbocycles. The first kappa shape index (κ1) is 13.4. The van der Waals surface area contributed by atoms with Gasteiger partial charge in [0.25, 0.3) is 0 Å². The van der Waals surface area contributed by atoms with E-state index in [9.17, 15) is 4.79 Å². The van der Waals surface area contributed by atoms with Crippen molar-refractivity contribution >= 4 is 17.4 Å². The molecule has 0 spiro atoms. The first-order chi connectivity index (χ1) is 8.66. The van der Waals surface area contributed by atoms with Crippen molar-refractivity contribution in [3.63, 3.8) is 0 Å². The minimum absolute atomic E-state index is 0.292. The van der Waals surface area contributed by atoms with Gasteiger partial charge >= 0.3 is 0 Å². The average Bonchev–Trinajstić information content (AvgIpc) is 2.85. The van der Waals surface area contributed by atoms with Crippen LogP contribution in [0.2, 0.25) is 5.02 Å². The number of ketones is 1. The third-order valence-corrected chi connectivity index (χ3v) is 3.79. The van der Waals surface area contributed by atoms with Gasteiger partial charge in [0.15, 0.2) is 0 Å². The first-order valence-corrected chi connectivity index (χ1v) is 6.96. The van der Waals surface area contributed by atoms with E-state index in [2.05, 4.69) is 0 Å². The van der Waals surface area contributed by atoms with E-state index in [-0.39, 0.29) is 0 Å². The van der Waals surface area contributed by atoms with E-state index in [1.165, 1.54) is 12.8 Å². The SMILES string of the molecule is Cc1cc(Cl)ccc1OCCC(=O)C1CCCC1. The second-order valence-corrected chi connectivity index (χ2v) is 5.39.